The molecule has 0 aromatic rings. The van der Waals surface area contributed by atoms with Gasteiger partial charge >= 0.3 is 8.25 Å². The highest BCUT2D eigenvalue weighted by atomic mass is 32.2. The lowest BCUT2D eigenvalue weighted by atomic mass is 10.6. The fraction of sp³-hybridized carbons (Fsp3) is 1.00. The second-order valence-electron chi connectivity index (χ2n) is 2.94. The van der Waals surface area contributed by atoms with Crippen molar-refractivity contribution in [2.24, 2.45) is 0 Å². The van der Waals surface area contributed by atoms with Gasteiger partial charge in [0, 0.05) is 0 Å². The first kappa shape index (κ1) is 16.1. The van der Waals surface area contributed by atoms with E-state index in [-0.39, 0.29) is 24.3 Å². The number of hydrogen-bond acceptors (Lipinski definition) is 7. The summed E-state index contributed by atoms with van der Waals surface area (Å²) in [6.45, 7) is 3.18. The molecule has 0 rings (SSSR count). The smallest absolute Gasteiger partial charge is 0.261 e. The average molecular weight is 294 g/mol. The van der Waals surface area contributed by atoms with Gasteiger partial charge in [-0.05, 0) is 12.8 Å². The zero-order valence-electron chi connectivity index (χ0n) is 9.00. The monoisotopic (exact) mass is 294 g/mol. The maximum Gasteiger partial charge on any atom is 0.348 e. The average Bonchev–Trinajstić information content (AvgIpc) is 1.99. The summed E-state index contributed by atoms with van der Waals surface area (Å²) in [7, 11) is -11.5. The van der Waals surface area contributed by atoms with Gasteiger partial charge in [-0.3, -0.25) is 4.57 Å². The zero-order valence-corrected chi connectivity index (χ0v) is 11.6. The van der Waals surface area contributed by atoms with Crippen LogP contribution in [-0.4, -0.2) is 28.3 Å². The number of rotatable bonds is 8. The molecule has 0 atom stereocenters. The third-order valence-electron chi connectivity index (χ3n) is 1.30. The van der Waals surface area contributed by atoms with Gasteiger partial charge in [-0.25, -0.2) is 0 Å². The highest BCUT2D eigenvalue weighted by Crippen LogP contribution is 2.30. The first-order chi connectivity index (χ1) is 7.22. The topological polar surface area (TPSA) is 104 Å². The van der Waals surface area contributed by atoms with Crippen molar-refractivity contribution in [1.82, 2.24) is 0 Å². The molecular formula is C6H15O7PS2. The van der Waals surface area contributed by atoms with Crippen LogP contribution in [-0.2, 0) is 32.7 Å². The van der Waals surface area contributed by atoms with E-state index in [0.29, 0.717) is 0 Å². The number of hydrogen-bond donors (Lipinski definition) is 0. The Kier molecular flexibility index (Phi) is 6.73. The molecule has 0 aliphatic carbocycles. The lowest BCUT2D eigenvalue weighted by Gasteiger charge is -2.05. The Bertz CT molecular complexity index is 384. The molecular weight excluding hydrogens is 279 g/mol. The van der Waals surface area contributed by atoms with Gasteiger partial charge in [-0.1, -0.05) is 13.8 Å². The van der Waals surface area contributed by atoms with Crippen LogP contribution in [0.5, 0.6) is 0 Å². The van der Waals surface area contributed by atoms with Gasteiger partial charge in [0.05, 0.1) is 11.5 Å². The van der Waals surface area contributed by atoms with Gasteiger partial charge in [-0.2, -0.15) is 24.8 Å². The molecule has 0 amide bonds. The molecule has 0 saturated heterocycles. The van der Waals surface area contributed by atoms with Crippen LogP contribution in [0.4, 0.5) is 0 Å². The van der Waals surface area contributed by atoms with Crippen molar-refractivity contribution in [2.75, 3.05) is 11.5 Å². The Morgan fingerprint density at radius 3 is 1.44 bits per heavy atom. The molecule has 0 radical (unpaired) electrons. The summed E-state index contributed by atoms with van der Waals surface area (Å²) in [6.07, 6.45) is 0.554. The van der Waals surface area contributed by atoms with Gasteiger partial charge < -0.3 is 0 Å². The first-order valence-electron chi connectivity index (χ1n) is 4.60. The van der Waals surface area contributed by atoms with Crippen molar-refractivity contribution in [3.05, 3.63) is 0 Å². The normalized spacial score (nSPS) is 13.2. The van der Waals surface area contributed by atoms with E-state index in [2.05, 4.69) is 7.94 Å². The Morgan fingerprint density at radius 2 is 1.19 bits per heavy atom. The van der Waals surface area contributed by atoms with E-state index in [9.17, 15) is 21.4 Å². The summed E-state index contributed by atoms with van der Waals surface area (Å²) in [5, 5.41) is 0. The molecule has 0 aromatic heterocycles. The first-order valence-corrected chi connectivity index (χ1v) is 8.98. The maximum absolute atomic E-state index is 11.0. The van der Waals surface area contributed by atoms with E-state index in [1.54, 1.807) is 13.8 Å². The van der Waals surface area contributed by atoms with Crippen molar-refractivity contribution >= 4 is 28.5 Å². The van der Waals surface area contributed by atoms with Gasteiger partial charge in [0.25, 0.3) is 20.2 Å². The molecule has 0 bridgehead atoms. The van der Waals surface area contributed by atoms with Crippen LogP contribution in [0.3, 0.4) is 0 Å². The van der Waals surface area contributed by atoms with Crippen LogP contribution >= 0.6 is 8.25 Å². The highest BCUT2D eigenvalue weighted by Gasteiger charge is 2.20. The Balaban J connectivity index is 4.41. The fourth-order valence-corrected chi connectivity index (χ4v) is 4.49. The molecule has 16 heavy (non-hydrogen) atoms. The Labute approximate surface area is 96.3 Å². The quantitative estimate of drug-likeness (QED) is 0.612. The second kappa shape index (κ2) is 6.70. The molecule has 0 N–H and O–H groups in total. The Hall–Kier alpha value is 0.0500. The second-order valence-corrected chi connectivity index (χ2v) is 7.82. The van der Waals surface area contributed by atoms with Crippen LogP contribution in [0.1, 0.15) is 26.7 Å². The lowest BCUT2D eigenvalue weighted by molar-refractivity contribution is 0.404. The minimum atomic E-state index is -3.97. The van der Waals surface area contributed by atoms with Crippen molar-refractivity contribution < 1.29 is 29.3 Å². The largest absolute Gasteiger partial charge is 0.348 e. The molecule has 0 aliphatic rings. The van der Waals surface area contributed by atoms with Crippen molar-refractivity contribution in [3.8, 4) is 0 Å². The van der Waals surface area contributed by atoms with E-state index in [4.69, 9.17) is 0 Å². The fourth-order valence-electron chi connectivity index (χ4n) is 0.805. The third-order valence-corrected chi connectivity index (χ3v) is 6.23. The van der Waals surface area contributed by atoms with E-state index >= 15 is 0 Å². The summed E-state index contributed by atoms with van der Waals surface area (Å²) < 4.78 is 63.2. The summed E-state index contributed by atoms with van der Waals surface area (Å²) in [5.74, 6) is -0.665. The standard InChI is InChI=1S/C6H15O7PS2/c1-3-5-15(8,9)12-14(7)13-16(10,11)6-4-2/h14H,3-6H2,1-2H3. The molecule has 10 heteroatoms. The predicted octanol–water partition coefficient (Wildman–Crippen LogP) is 0.889. The summed E-state index contributed by atoms with van der Waals surface area (Å²) in [5.41, 5.74) is 0. The molecule has 0 aliphatic heterocycles. The minimum absolute atomic E-state index is 0.277. The molecule has 0 aromatic carbocycles. The summed E-state index contributed by atoms with van der Waals surface area (Å²) in [4.78, 5) is 0. The SMILES string of the molecule is CCCS(=O)(=O)O[PH](=O)OS(=O)(=O)CCC. The molecule has 0 saturated carbocycles. The molecule has 98 valence electrons. The van der Waals surface area contributed by atoms with Crippen molar-refractivity contribution in [2.45, 2.75) is 26.7 Å². The molecule has 0 heterocycles. The predicted molar refractivity (Wildman–Crippen MR) is 59.3 cm³/mol. The van der Waals surface area contributed by atoms with Crippen LogP contribution in [0.2, 0.25) is 0 Å². The van der Waals surface area contributed by atoms with Gasteiger partial charge in [0.2, 0.25) is 0 Å². The van der Waals surface area contributed by atoms with E-state index in [1.807, 2.05) is 0 Å². The van der Waals surface area contributed by atoms with Crippen LogP contribution in [0.15, 0.2) is 0 Å². The Morgan fingerprint density at radius 1 is 0.875 bits per heavy atom. The molecule has 7 nitrogen and oxygen atoms in total. The lowest BCUT2D eigenvalue weighted by Crippen LogP contribution is -2.09. The van der Waals surface area contributed by atoms with Gasteiger partial charge in [0.15, 0.2) is 0 Å². The van der Waals surface area contributed by atoms with Crippen LogP contribution in [0.25, 0.3) is 0 Å². The van der Waals surface area contributed by atoms with Crippen LogP contribution < -0.4 is 0 Å². The van der Waals surface area contributed by atoms with Gasteiger partial charge in [0.1, 0.15) is 0 Å². The molecule has 0 unspecified atom stereocenters. The summed E-state index contributed by atoms with van der Waals surface area (Å²) >= 11 is 0. The summed E-state index contributed by atoms with van der Waals surface area (Å²) in [6, 6.07) is 0. The van der Waals surface area contributed by atoms with Crippen molar-refractivity contribution in [1.29, 1.82) is 0 Å². The highest BCUT2D eigenvalue weighted by molar-refractivity contribution is 7.92. The van der Waals surface area contributed by atoms with E-state index in [1.165, 1.54) is 0 Å². The zero-order chi connectivity index (χ0) is 12.8. The van der Waals surface area contributed by atoms with Gasteiger partial charge in [-0.15, -0.1) is 0 Å². The molecule has 0 fully saturated rings. The van der Waals surface area contributed by atoms with Crippen molar-refractivity contribution in [3.63, 3.8) is 0 Å². The third kappa shape index (κ3) is 7.34. The van der Waals surface area contributed by atoms with E-state index in [0.717, 1.165) is 0 Å². The van der Waals surface area contributed by atoms with Crippen LogP contribution in [0, 0.1) is 0 Å². The molecule has 0 spiro atoms. The minimum Gasteiger partial charge on any atom is -0.261 e. The van der Waals surface area contributed by atoms with E-state index < -0.39 is 28.5 Å². The maximum atomic E-state index is 11.0.